The van der Waals surface area contributed by atoms with Crippen molar-refractivity contribution in [3.63, 3.8) is 0 Å². The van der Waals surface area contributed by atoms with Gasteiger partial charge in [-0.25, -0.2) is 9.86 Å². The Morgan fingerprint density at radius 3 is 2.43 bits per heavy atom. The van der Waals surface area contributed by atoms with Crippen molar-refractivity contribution in [1.29, 1.82) is 0 Å². The van der Waals surface area contributed by atoms with Gasteiger partial charge in [-0.3, -0.25) is 9.63 Å². The van der Waals surface area contributed by atoms with Gasteiger partial charge in [-0.2, -0.15) is 0 Å². The molecule has 0 fully saturated rings. The second kappa shape index (κ2) is 8.34. The van der Waals surface area contributed by atoms with Crippen molar-refractivity contribution in [2.75, 3.05) is 14.2 Å². The number of hydroxylamine groups is 2. The van der Waals surface area contributed by atoms with Crippen molar-refractivity contribution in [2.24, 2.45) is 0 Å². The van der Waals surface area contributed by atoms with Gasteiger partial charge in [0.2, 0.25) is 0 Å². The first kappa shape index (κ1) is 19.5. The molecule has 132 valence electrons. The Kier molecular flexibility index (Phi) is 7.06. The molecular formula is C17H30N2O4. The highest BCUT2D eigenvalue weighted by Gasteiger charge is 2.27. The van der Waals surface area contributed by atoms with E-state index in [4.69, 9.17) is 9.57 Å². The maximum Gasteiger partial charge on any atom is 0.408 e. The number of amides is 2. The molecule has 1 aliphatic rings. The zero-order chi connectivity index (χ0) is 17.6. The van der Waals surface area contributed by atoms with E-state index in [2.05, 4.69) is 12.2 Å². The Balaban J connectivity index is 2.71. The fourth-order valence-electron chi connectivity index (χ4n) is 2.63. The van der Waals surface area contributed by atoms with Crippen LogP contribution in [-0.2, 0) is 14.4 Å². The molecule has 6 heteroatoms. The number of rotatable bonds is 6. The van der Waals surface area contributed by atoms with E-state index in [9.17, 15) is 9.59 Å². The lowest BCUT2D eigenvalue weighted by molar-refractivity contribution is -0.171. The van der Waals surface area contributed by atoms with Gasteiger partial charge < -0.3 is 10.1 Å². The van der Waals surface area contributed by atoms with E-state index in [1.165, 1.54) is 31.7 Å². The van der Waals surface area contributed by atoms with Gasteiger partial charge in [0.05, 0.1) is 7.11 Å². The zero-order valence-electron chi connectivity index (χ0n) is 15.2. The molecule has 0 spiro atoms. The first-order chi connectivity index (χ1) is 10.6. The molecule has 6 nitrogen and oxygen atoms in total. The molecule has 0 saturated heterocycles. The molecule has 0 aromatic carbocycles. The molecule has 0 aliphatic heterocycles. The highest BCUT2D eigenvalue weighted by atomic mass is 16.7. The molecule has 23 heavy (non-hydrogen) atoms. The van der Waals surface area contributed by atoms with Gasteiger partial charge >= 0.3 is 6.09 Å². The largest absolute Gasteiger partial charge is 0.444 e. The van der Waals surface area contributed by atoms with Crippen LogP contribution in [-0.4, -0.2) is 42.9 Å². The molecule has 0 aromatic heterocycles. The van der Waals surface area contributed by atoms with E-state index in [-0.39, 0.29) is 5.91 Å². The fraction of sp³-hybridized carbons (Fsp3) is 0.765. The quantitative estimate of drug-likeness (QED) is 0.601. The van der Waals surface area contributed by atoms with Gasteiger partial charge in [-0.1, -0.05) is 11.1 Å². The SMILES string of the molecule is CON(C)C(=O)[C@H](CCC1=C(C)CCC1)NC(=O)OC(C)(C)C. The van der Waals surface area contributed by atoms with Crippen LogP contribution in [0, 0.1) is 0 Å². The van der Waals surface area contributed by atoms with Crippen LogP contribution in [0.5, 0.6) is 0 Å². The predicted octanol–water partition coefficient (Wildman–Crippen LogP) is 3.18. The second-order valence-electron chi connectivity index (χ2n) is 6.99. The minimum Gasteiger partial charge on any atom is -0.444 e. The topological polar surface area (TPSA) is 67.9 Å². The van der Waals surface area contributed by atoms with Crippen molar-refractivity contribution in [2.45, 2.75) is 71.4 Å². The lowest BCUT2D eigenvalue weighted by atomic mass is 10.0. The third-order valence-electron chi connectivity index (χ3n) is 3.94. The van der Waals surface area contributed by atoms with Crippen molar-refractivity contribution in [3.05, 3.63) is 11.1 Å². The third kappa shape index (κ3) is 6.60. The maximum absolute atomic E-state index is 12.4. The fourth-order valence-corrected chi connectivity index (χ4v) is 2.63. The summed E-state index contributed by atoms with van der Waals surface area (Å²) in [6, 6.07) is -0.657. The van der Waals surface area contributed by atoms with Crippen LogP contribution in [0.15, 0.2) is 11.1 Å². The summed E-state index contributed by atoms with van der Waals surface area (Å²) in [5.41, 5.74) is 2.21. The number of nitrogens with zero attached hydrogens (tertiary/aromatic N) is 1. The first-order valence-corrected chi connectivity index (χ1v) is 8.12. The van der Waals surface area contributed by atoms with Crippen molar-refractivity contribution < 1.29 is 19.2 Å². The van der Waals surface area contributed by atoms with Crippen molar-refractivity contribution in [3.8, 4) is 0 Å². The Hall–Kier alpha value is -1.56. The lowest BCUT2D eigenvalue weighted by Gasteiger charge is -2.25. The molecule has 1 rings (SSSR count). The van der Waals surface area contributed by atoms with Crippen molar-refractivity contribution in [1.82, 2.24) is 10.4 Å². The molecule has 1 atom stereocenters. The van der Waals surface area contributed by atoms with E-state index >= 15 is 0 Å². The van der Waals surface area contributed by atoms with Gasteiger partial charge in [-0.15, -0.1) is 0 Å². The normalized spacial score (nSPS) is 16.3. The Morgan fingerprint density at radius 2 is 1.96 bits per heavy atom. The van der Waals surface area contributed by atoms with Crippen LogP contribution >= 0.6 is 0 Å². The first-order valence-electron chi connectivity index (χ1n) is 8.12. The molecular weight excluding hydrogens is 296 g/mol. The van der Waals surface area contributed by atoms with E-state index < -0.39 is 17.7 Å². The third-order valence-corrected chi connectivity index (χ3v) is 3.94. The van der Waals surface area contributed by atoms with Crippen LogP contribution in [0.25, 0.3) is 0 Å². The monoisotopic (exact) mass is 326 g/mol. The van der Waals surface area contributed by atoms with E-state index in [1.54, 1.807) is 20.8 Å². The average molecular weight is 326 g/mol. The number of hydrogen-bond donors (Lipinski definition) is 1. The van der Waals surface area contributed by atoms with Gasteiger partial charge in [0.15, 0.2) is 0 Å². The summed E-state index contributed by atoms with van der Waals surface area (Å²) < 4.78 is 5.25. The Bertz CT molecular complexity index is 466. The van der Waals surface area contributed by atoms with Gasteiger partial charge in [0.1, 0.15) is 11.6 Å². The minimum absolute atomic E-state index is 0.283. The maximum atomic E-state index is 12.4. The van der Waals surface area contributed by atoms with Crippen LogP contribution in [0.4, 0.5) is 4.79 Å². The summed E-state index contributed by atoms with van der Waals surface area (Å²) in [4.78, 5) is 29.3. The van der Waals surface area contributed by atoms with E-state index in [0.29, 0.717) is 6.42 Å². The Labute approximate surface area is 139 Å². The molecule has 0 bridgehead atoms. The number of carbonyl (C=O) groups is 2. The minimum atomic E-state index is -0.657. The molecule has 0 aromatic rings. The summed E-state index contributed by atoms with van der Waals surface area (Å²) in [7, 11) is 2.96. The zero-order valence-corrected chi connectivity index (χ0v) is 15.2. The van der Waals surface area contributed by atoms with Crippen LogP contribution in [0.3, 0.4) is 0 Å². The van der Waals surface area contributed by atoms with Crippen molar-refractivity contribution >= 4 is 12.0 Å². The predicted molar refractivity (Wildman–Crippen MR) is 88.7 cm³/mol. The molecule has 0 saturated carbocycles. The highest BCUT2D eigenvalue weighted by molar-refractivity contribution is 5.84. The summed E-state index contributed by atoms with van der Waals surface area (Å²) in [5.74, 6) is -0.283. The number of alkyl carbamates (subject to hydrolysis) is 1. The molecule has 1 N–H and O–H groups in total. The van der Waals surface area contributed by atoms with Crippen LogP contribution in [0.1, 0.15) is 59.8 Å². The van der Waals surface area contributed by atoms with Gasteiger partial charge in [-0.05, 0) is 59.8 Å². The van der Waals surface area contributed by atoms with Crippen LogP contribution in [0.2, 0.25) is 0 Å². The number of nitrogens with one attached hydrogen (secondary N) is 1. The lowest BCUT2D eigenvalue weighted by Crippen LogP contribution is -2.48. The molecule has 0 unspecified atom stereocenters. The van der Waals surface area contributed by atoms with E-state index in [1.807, 2.05) is 0 Å². The highest BCUT2D eigenvalue weighted by Crippen LogP contribution is 2.29. The van der Waals surface area contributed by atoms with Crippen LogP contribution < -0.4 is 5.32 Å². The summed E-state index contributed by atoms with van der Waals surface area (Å²) >= 11 is 0. The smallest absolute Gasteiger partial charge is 0.408 e. The molecule has 1 aliphatic carbocycles. The molecule has 2 amide bonds. The summed E-state index contributed by atoms with van der Waals surface area (Å²) in [5, 5.41) is 3.81. The Morgan fingerprint density at radius 1 is 1.30 bits per heavy atom. The standard InChI is InChI=1S/C17H30N2O4/c1-12-8-7-9-13(12)10-11-14(15(20)19(5)22-6)18-16(21)23-17(2,3)4/h14H,7-11H2,1-6H3,(H,18,21)/t14-/m0/s1. The summed E-state index contributed by atoms with van der Waals surface area (Å²) in [6.45, 7) is 7.51. The van der Waals surface area contributed by atoms with Gasteiger partial charge in [0, 0.05) is 7.05 Å². The number of carbonyl (C=O) groups excluding carboxylic acids is 2. The van der Waals surface area contributed by atoms with E-state index in [0.717, 1.165) is 24.3 Å². The number of ether oxygens (including phenoxy) is 1. The second-order valence-corrected chi connectivity index (χ2v) is 6.99. The average Bonchev–Trinajstić information content (AvgIpc) is 2.85. The number of likely N-dealkylation sites (N-methyl/N-ethyl adjacent to an activating group) is 1. The number of allylic oxidation sites excluding steroid dienone is 2. The molecule has 0 heterocycles. The van der Waals surface area contributed by atoms with Gasteiger partial charge in [0.25, 0.3) is 5.91 Å². The molecule has 0 radical (unpaired) electrons. The number of hydrogen-bond acceptors (Lipinski definition) is 4. The summed E-state index contributed by atoms with van der Waals surface area (Å²) in [6.07, 6.45) is 4.15.